The van der Waals surface area contributed by atoms with Crippen molar-refractivity contribution in [2.45, 2.75) is 12.7 Å². The smallest absolute Gasteiger partial charge is 0.0900 e. The molecule has 100 valence electrons. The molecule has 0 bridgehead atoms. The van der Waals surface area contributed by atoms with Gasteiger partial charge in [-0.15, -0.1) is 0 Å². The zero-order valence-corrected chi connectivity index (χ0v) is 10.7. The summed E-state index contributed by atoms with van der Waals surface area (Å²) in [6.45, 7) is 5.72. The molecule has 1 aliphatic rings. The minimum Gasteiger partial charge on any atom is -0.389 e. The van der Waals surface area contributed by atoms with Crippen molar-refractivity contribution in [1.29, 1.82) is 0 Å². The van der Waals surface area contributed by atoms with Crippen LogP contribution in [-0.4, -0.2) is 55.4 Å². The molecule has 1 aromatic rings. The highest BCUT2D eigenvalue weighted by Crippen LogP contribution is 2.02. The van der Waals surface area contributed by atoms with Crippen molar-refractivity contribution < 1.29 is 9.84 Å². The summed E-state index contributed by atoms with van der Waals surface area (Å²) < 4.78 is 5.53. The van der Waals surface area contributed by atoms with E-state index in [0.717, 1.165) is 31.7 Å². The molecule has 4 nitrogen and oxygen atoms in total. The Bertz CT molecular complexity index is 326. The van der Waals surface area contributed by atoms with Gasteiger partial charge in [-0.1, -0.05) is 30.3 Å². The van der Waals surface area contributed by atoms with Gasteiger partial charge in [-0.3, -0.25) is 4.90 Å². The van der Waals surface area contributed by atoms with Crippen LogP contribution in [0.15, 0.2) is 30.3 Å². The van der Waals surface area contributed by atoms with E-state index in [1.54, 1.807) is 0 Å². The van der Waals surface area contributed by atoms with Crippen molar-refractivity contribution in [1.82, 2.24) is 10.2 Å². The van der Waals surface area contributed by atoms with E-state index >= 15 is 0 Å². The Hall–Kier alpha value is -0.940. The maximum Gasteiger partial charge on any atom is 0.0900 e. The second-order valence-electron chi connectivity index (χ2n) is 4.71. The van der Waals surface area contributed by atoms with Gasteiger partial charge in [-0.2, -0.15) is 0 Å². The Morgan fingerprint density at radius 3 is 2.67 bits per heavy atom. The summed E-state index contributed by atoms with van der Waals surface area (Å²) in [5, 5.41) is 13.2. The number of aliphatic hydroxyl groups excluding tert-OH is 1. The van der Waals surface area contributed by atoms with Gasteiger partial charge in [0.15, 0.2) is 0 Å². The normalized spacial score (nSPS) is 18.7. The predicted molar refractivity (Wildman–Crippen MR) is 71.4 cm³/mol. The van der Waals surface area contributed by atoms with Crippen molar-refractivity contribution >= 4 is 0 Å². The number of β-amino-alcohol motifs (C(OH)–C–C–N with tert-alkyl or cyclic N) is 1. The number of hydrogen-bond acceptors (Lipinski definition) is 4. The molecule has 0 saturated carbocycles. The number of hydrogen-bond donors (Lipinski definition) is 2. The Morgan fingerprint density at radius 2 is 1.94 bits per heavy atom. The van der Waals surface area contributed by atoms with Gasteiger partial charge in [0.25, 0.3) is 0 Å². The molecule has 0 spiro atoms. The number of ether oxygens (including phenoxy) is 1. The van der Waals surface area contributed by atoms with Crippen molar-refractivity contribution in [3.05, 3.63) is 35.9 Å². The zero-order valence-electron chi connectivity index (χ0n) is 10.7. The molecule has 0 radical (unpaired) electrons. The Morgan fingerprint density at radius 1 is 1.22 bits per heavy atom. The highest BCUT2D eigenvalue weighted by Gasteiger charge is 2.14. The molecule has 1 atom stereocenters. The third-order valence-electron chi connectivity index (χ3n) is 3.10. The van der Waals surface area contributed by atoms with Gasteiger partial charge in [-0.05, 0) is 5.56 Å². The lowest BCUT2D eigenvalue weighted by Gasteiger charge is -2.28. The van der Waals surface area contributed by atoms with Crippen molar-refractivity contribution in [3.63, 3.8) is 0 Å². The van der Waals surface area contributed by atoms with Gasteiger partial charge in [0.2, 0.25) is 0 Å². The third kappa shape index (κ3) is 4.74. The first-order valence-corrected chi connectivity index (χ1v) is 6.57. The van der Waals surface area contributed by atoms with E-state index in [0.29, 0.717) is 19.8 Å². The van der Waals surface area contributed by atoms with Crippen molar-refractivity contribution in [3.8, 4) is 0 Å². The minimum absolute atomic E-state index is 0.396. The molecule has 1 saturated heterocycles. The molecular formula is C14H22N2O2. The molecule has 2 N–H and O–H groups in total. The Kier molecular flexibility index (Phi) is 5.61. The number of nitrogens with zero attached hydrogens (tertiary/aromatic N) is 1. The summed E-state index contributed by atoms with van der Waals surface area (Å²) in [6, 6.07) is 10.0. The summed E-state index contributed by atoms with van der Waals surface area (Å²) in [5.74, 6) is 0. The summed E-state index contributed by atoms with van der Waals surface area (Å²) >= 11 is 0. The predicted octanol–water partition coefficient (Wildman–Crippen LogP) is 0.469. The number of benzene rings is 1. The van der Waals surface area contributed by atoms with E-state index in [1.807, 2.05) is 30.3 Å². The van der Waals surface area contributed by atoms with Crippen molar-refractivity contribution in [2.75, 3.05) is 39.3 Å². The van der Waals surface area contributed by atoms with E-state index in [1.165, 1.54) is 0 Å². The van der Waals surface area contributed by atoms with Gasteiger partial charge < -0.3 is 15.2 Å². The van der Waals surface area contributed by atoms with E-state index in [4.69, 9.17) is 4.74 Å². The molecule has 1 heterocycles. The number of aliphatic hydroxyl groups is 1. The van der Waals surface area contributed by atoms with Gasteiger partial charge in [-0.25, -0.2) is 0 Å². The first kappa shape index (κ1) is 13.5. The molecule has 0 unspecified atom stereocenters. The molecule has 0 aromatic heterocycles. The molecule has 1 aromatic carbocycles. The number of piperazine rings is 1. The largest absolute Gasteiger partial charge is 0.389 e. The molecule has 1 fully saturated rings. The fourth-order valence-electron chi connectivity index (χ4n) is 2.13. The summed E-state index contributed by atoms with van der Waals surface area (Å²) in [6.07, 6.45) is -0.396. The molecular weight excluding hydrogens is 228 g/mol. The second-order valence-corrected chi connectivity index (χ2v) is 4.71. The average molecular weight is 250 g/mol. The molecule has 18 heavy (non-hydrogen) atoms. The van der Waals surface area contributed by atoms with Crippen LogP contribution in [0.25, 0.3) is 0 Å². The van der Waals surface area contributed by atoms with Gasteiger partial charge >= 0.3 is 0 Å². The quantitative estimate of drug-likeness (QED) is 0.770. The van der Waals surface area contributed by atoms with E-state index in [-0.39, 0.29) is 0 Å². The van der Waals surface area contributed by atoms with Gasteiger partial charge in [0, 0.05) is 32.7 Å². The standard InChI is InChI=1S/C14H22N2O2/c17-14(10-16-8-6-15-7-9-16)12-18-11-13-4-2-1-3-5-13/h1-5,14-15,17H,6-12H2/t14-/m1/s1. The van der Waals surface area contributed by atoms with Gasteiger partial charge in [0.1, 0.15) is 0 Å². The fraction of sp³-hybridized carbons (Fsp3) is 0.571. The zero-order chi connectivity index (χ0) is 12.6. The Balaban J connectivity index is 1.61. The second kappa shape index (κ2) is 7.48. The van der Waals surface area contributed by atoms with Crippen LogP contribution in [0.1, 0.15) is 5.56 Å². The number of nitrogens with one attached hydrogen (secondary N) is 1. The molecule has 1 aliphatic heterocycles. The first-order chi connectivity index (χ1) is 8.84. The third-order valence-corrected chi connectivity index (χ3v) is 3.10. The molecule has 0 amide bonds. The lowest BCUT2D eigenvalue weighted by molar-refractivity contribution is 0.00823. The molecule has 2 rings (SSSR count). The van der Waals surface area contributed by atoms with Crippen LogP contribution >= 0.6 is 0 Å². The number of rotatable bonds is 6. The first-order valence-electron chi connectivity index (χ1n) is 6.57. The topological polar surface area (TPSA) is 44.7 Å². The van der Waals surface area contributed by atoms with Crippen LogP contribution in [0.2, 0.25) is 0 Å². The summed E-state index contributed by atoms with van der Waals surface area (Å²) in [4.78, 5) is 2.27. The maximum absolute atomic E-state index is 9.89. The van der Waals surface area contributed by atoms with Crippen molar-refractivity contribution in [2.24, 2.45) is 0 Å². The molecule has 4 heteroatoms. The van der Waals surface area contributed by atoms with Crippen LogP contribution in [0.3, 0.4) is 0 Å². The van der Waals surface area contributed by atoms with E-state index in [2.05, 4.69) is 10.2 Å². The SMILES string of the molecule is O[C@@H](COCc1ccccc1)CN1CCNCC1. The monoisotopic (exact) mass is 250 g/mol. The van der Waals surface area contributed by atoms with Crippen LogP contribution < -0.4 is 5.32 Å². The molecule has 0 aliphatic carbocycles. The lowest BCUT2D eigenvalue weighted by Crippen LogP contribution is -2.47. The minimum atomic E-state index is -0.396. The fourth-order valence-corrected chi connectivity index (χ4v) is 2.13. The van der Waals surface area contributed by atoms with Crippen LogP contribution in [0.5, 0.6) is 0 Å². The highest BCUT2D eigenvalue weighted by atomic mass is 16.5. The van der Waals surface area contributed by atoms with Gasteiger partial charge in [0.05, 0.1) is 19.3 Å². The lowest BCUT2D eigenvalue weighted by atomic mass is 10.2. The maximum atomic E-state index is 9.89. The highest BCUT2D eigenvalue weighted by molar-refractivity contribution is 5.13. The van der Waals surface area contributed by atoms with Crippen LogP contribution in [0, 0.1) is 0 Å². The summed E-state index contributed by atoms with van der Waals surface area (Å²) in [7, 11) is 0. The van der Waals surface area contributed by atoms with Crippen LogP contribution in [0.4, 0.5) is 0 Å². The average Bonchev–Trinajstić information content (AvgIpc) is 2.41. The Labute approximate surface area is 109 Å². The summed E-state index contributed by atoms with van der Waals surface area (Å²) in [5.41, 5.74) is 1.15. The van der Waals surface area contributed by atoms with E-state index < -0.39 is 6.10 Å². The van der Waals surface area contributed by atoms with E-state index in [9.17, 15) is 5.11 Å². The van der Waals surface area contributed by atoms with Crippen LogP contribution in [-0.2, 0) is 11.3 Å².